The van der Waals surface area contributed by atoms with E-state index in [0.717, 1.165) is 44.9 Å². The Morgan fingerprint density at radius 3 is 2.06 bits per heavy atom. The normalized spacial score (nSPS) is 53.0. The van der Waals surface area contributed by atoms with Gasteiger partial charge in [0.1, 0.15) is 0 Å². The molecule has 35 heavy (non-hydrogen) atoms. The molecule has 0 aromatic carbocycles. The second kappa shape index (κ2) is 7.46. The summed E-state index contributed by atoms with van der Waals surface area (Å²) in [5.41, 5.74) is -1.88. The van der Waals surface area contributed by atoms with Gasteiger partial charge in [0.2, 0.25) is 0 Å². The molecule has 0 radical (unpaired) electrons. The van der Waals surface area contributed by atoms with Gasteiger partial charge in [-0.15, -0.1) is 0 Å². The van der Waals surface area contributed by atoms with Gasteiger partial charge >= 0.3 is 0 Å². The average Bonchev–Trinajstić information content (AvgIpc) is 3.33. The highest BCUT2D eigenvalue weighted by Gasteiger charge is 2.83. The maximum atomic E-state index is 11.8. The first-order valence-corrected chi connectivity index (χ1v) is 14.4. The summed E-state index contributed by atoms with van der Waals surface area (Å²) in [6.45, 7) is 14.4. The van der Waals surface area contributed by atoms with Crippen molar-refractivity contribution in [2.24, 2.45) is 44.8 Å². The topological polar surface area (TPSA) is 101 Å². The van der Waals surface area contributed by atoms with Crippen molar-refractivity contribution < 1.29 is 25.5 Å². The number of aliphatic hydroxyl groups excluding tert-OH is 3. The van der Waals surface area contributed by atoms with Crippen LogP contribution < -0.4 is 0 Å². The Labute approximate surface area is 212 Å². The molecular formula is C30H52O5. The SMILES string of the molecule is CC(C)(O)[C@@H](O)CC[C@](C)(O)[C@H]1[C@@H](O)C[C@@]2(C)[C@@H]3CC[C@H]4C(C)(C)[C@@H](O)CC[C@@]45C[C@@]35CC[C@]12C. The third kappa shape index (κ3) is 3.23. The fourth-order valence-electron chi connectivity index (χ4n) is 11.4. The van der Waals surface area contributed by atoms with Crippen LogP contribution in [-0.2, 0) is 0 Å². The molecule has 5 aliphatic rings. The number of hydrogen-bond donors (Lipinski definition) is 5. The zero-order valence-corrected chi connectivity index (χ0v) is 23.3. The Hall–Kier alpha value is -0.200. The van der Waals surface area contributed by atoms with Crippen molar-refractivity contribution in [1.29, 1.82) is 0 Å². The second-order valence-corrected chi connectivity index (χ2v) is 15.7. The minimum absolute atomic E-state index is 0.0307. The summed E-state index contributed by atoms with van der Waals surface area (Å²) in [7, 11) is 0. The number of hydrogen-bond acceptors (Lipinski definition) is 5. The molecule has 202 valence electrons. The van der Waals surface area contributed by atoms with E-state index in [9.17, 15) is 25.5 Å². The lowest BCUT2D eigenvalue weighted by atomic mass is 9.41. The summed E-state index contributed by atoms with van der Waals surface area (Å²) in [6.07, 6.45) is 7.57. The molecule has 5 N–H and O–H groups in total. The van der Waals surface area contributed by atoms with Gasteiger partial charge in [0, 0.05) is 5.92 Å². The van der Waals surface area contributed by atoms with E-state index in [1.54, 1.807) is 13.8 Å². The number of aliphatic hydroxyl groups is 5. The van der Waals surface area contributed by atoms with Crippen LogP contribution in [0.25, 0.3) is 0 Å². The van der Waals surface area contributed by atoms with Crippen LogP contribution in [0.2, 0.25) is 0 Å². The number of rotatable bonds is 5. The summed E-state index contributed by atoms with van der Waals surface area (Å²) >= 11 is 0. The minimum atomic E-state index is -1.21. The Balaban J connectivity index is 1.43. The standard InChI is InChI=1S/C30H52O5/c1-24(2)19-8-9-20-27(6)16-18(31)23(28(7,35)12-10-22(33)25(3,4)34)26(27,5)14-15-30(20)17-29(19,30)13-11-21(24)32/h18-23,31-35H,8-17H2,1-7H3/t18-,19-,20-,21-,22-,23-,26+,27-,28-,29+,30-/m0/s1. The summed E-state index contributed by atoms with van der Waals surface area (Å²) < 4.78 is 0. The number of fused-ring (bicyclic) bond motifs is 2. The maximum absolute atomic E-state index is 11.8. The summed E-state index contributed by atoms with van der Waals surface area (Å²) in [6, 6.07) is 0. The Bertz CT molecular complexity index is 861. The molecule has 5 saturated carbocycles. The maximum Gasteiger partial charge on any atom is 0.0849 e. The van der Waals surface area contributed by atoms with Crippen LogP contribution in [0, 0.1) is 44.8 Å². The van der Waals surface area contributed by atoms with Crippen LogP contribution in [0.4, 0.5) is 0 Å². The molecule has 0 aromatic rings. The van der Waals surface area contributed by atoms with Gasteiger partial charge < -0.3 is 25.5 Å². The molecule has 5 nitrogen and oxygen atoms in total. The van der Waals surface area contributed by atoms with Gasteiger partial charge in [0.05, 0.1) is 29.5 Å². The van der Waals surface area contributed by atoms with Crippen LogP contribution in [0.15, 0.2) is 0 Å². The molecular weight excluding hydrogens is 440 g/mol. The third-order valence-electron chi connectivity index (χ3n) is 13.5. The van der Waals surface area contributed by atoms with Crippen LogP contribution in [0.5, 0.6) is 0 Å². The van der Waals surface area contributed by atoms with E-state index < -0.39 is 23.4 Å². The zero-order valence-electron chi connectivity index (χ0n) is 23.3. The van der Waals surface area contributed by atoms with Gasteiger partial charge in [-0.1, -0.05) is 27.7 Å². The first kappa shape index (κ1) is 26.4. The Kier molecular flexibility index (Phi) is 5.63. The Morgan fingerprint density at radius 1 is 0.829 bits per heavy atom. The molecule has 0 amide bonds. The molecule has 11 atom stereocenters. The summed E-state index contributed by atoms with van der Waals surface area (Å²) in [5, 5.41) is 54.8. The predicted octanol–water partition coefficient (Wildman–Crippen LogP) is 4.42. The van der Waals surface area contributed by atoms with E-state index >= 15 is 0 Å². The van der Waals surface area contributed by atoms with Crippen molar-refractivity contribution in [3.63, 3.8) is 0 Å². The van der Waals surface area contributed by atoms with E-state index in [4.69, 9.17) is 0 Å². The van der Waals surface area contributed by atoms with Crippen LogP contribution in [-0.4, -0.2) is 55.0 Å². The largest absolute Gasteiger partial charge is 0.393 e. The molecule has 2 spiro atoms. The van der Waals surface area contributed by atoms with Gasteiger partial charge in [-0.3, -0.25) is 0 Å². The van der Waals surface area contributed by atoms with Crippen molar-refractivity contribution in [1.82, 2.24) is 0 Å². The molecule has 0 heterocycles. The van der Waals surface area contributed by atoms with Crippen molar-refractivity contribution in [2.45, 2.75) is 142 Å². The van der Waals surface area contributed by atoms with E-state index in [2.05, 4.69) is 27.7 Å². The van der Waals surface area contributed by atoms with E-state index in [-0.39, 0.29) is 28.3 Å². The second-order valence-electron chi connectivity index (χ2n) is 15.7. The van der Waals surface area contributed by atoms with Gasteiger partial charge in [-0.2, -0.15) is 0 Å². The summed E-state index contributed by atoms with van der Waals surface area (Å²) in [4.78, 5) is 0. The van der Waals surface area contributed by atoms with E-state index in [0.29, 0.717) is 35.5 Å². The smallest absolute Gasteiger partial charge is 0.0849 e. The predicted molar refractivity (Wildman–Crippen MR) is 136 cm³/mol. The van der Waals surface area contributed by atoms with E-state index in [1.165, 1.54) is 6.42 Å². The quantitative estimate of drug-likeness (QED) is 0.391. The first-order valence-electron chi connectivity index (χ1n) is 14.4. The summed E-state index contributed by atoms with van der Waals surface area (Å²) in [5.74, 6) is 0.883. The van der Waals surface area contributed by atoms with Crippen LogP contribution in [0.1, 0.15) is 113 Å². The zero-order chi connectivity index (χ0) is 26.0. The fraction of sp³-hybridized carbons (Fsp3) is 1.00. The molecule has 0 aliphatic heterocycles. The lowest BCUT2D eigenvalue weighted by Gasteiger charge is -2.63. The van der Waals surface area contributed by atoms with Crippen molar-refractivity contribution in [3.8, 4) is 0 Å². The minimum Gasteiger partial charge on any atom is -0.393 e. The van der Waals surface area contributed by atoms with Gasteiger partial charge in [-0.25, -0.2) is 0 Å². The monoisotopic (exact) mass is 492 g/mol. The van der Waals surface area contributed by atoms with Crippen molar-refractivity contribution in [3.05, 3.63) is 0 Å². The lowest BCUT2D eigenvalue weighted by Crippen LogP contribution is -2.59. The Morgan fingerprint density at radius 2 is 1.43 bits per heavy atom. The highest BCUT2D eigenvalue weighted by atomic mass is 16.3. The van der Waals surface area contributed by atoms with Gasteiger partial charge in [0.15, 0.2) is 0 Å². The fourth-order valence-corrected chi connectivity index (χ4v) is 11.4. The molecule has 0 unspecified atom stereocenters. The molecule has 5 fully saturated rings. The van der Waals surface area contributed by atoms with Crippen molar-refractivity contribution >= 4 is 0 Å². The van der Waals surface area contributed by atoms with Gasteiger partial charge in [-0.05, 0) is 124 Å². The molecule has 0 aromatic heterocycles. The first-order chi connectivity index (χ1) is 15.9. The molecule has 5 aliphatic carbocycles. The highest BCUT2D eigenvalue weighted by molar-refractivity contribution is 5.31. The third-order valence-corrected chi connectivity index (χ3v) is 13.5. The van der Waals surface area contributed by atoms with Crippen LogP contribution >= 0.6 is 0 Å². The van der Waals surface area contributed by atoms with Crippen LogP contribution in [0.3, 0.4) is 0 Å². The lowest BCUT2D eigenvalue weighted by molar-refractivity contribution is -0.179. The van der Waals surface area contributed by atoms with Gasteiger partial charge in [0.25, 0.3) is 0 Å². The molecule has 5 heteroatoms. The highest BCUT2D eigenvalue weighted by Crippen LogP contribution is 2.89. The molecule has 0 saturated heterocycles. The molecule has 5 rings (SSSR count). The van der Waals surface area contributed by atoms with Crippen molar-refractivity contribution in [2.75, 3.05) is 0 Å². The average molecular weight is 493 g/mol. The van der Waals surface area contributed by atoms with E-state index in [1.807, 2.05) is 6.92 Å². The molecule has 0 bridgehead atoms.